The Hall–Kier alpha value is -1.38. The molecule has 0 spiro atoms. The van der Waals surface area contributed by atoms with Gasteiger partial charge in [-0.2, -0.15) is 0 Å². The van der Waals surface area contributed by atoms with Crippen molar-refractivity contribution < 1.29 is 0 Å². The Morgan fingerprint density at radius 1 is 1.09 bits per heavy atom. The van der Waals surface area contributed by atoms with Crippen molar-refractivity contribution in [3.63, 3.8) is 0 Å². The van der Waals surface area contributed by atoms with Crippen LogP contribution >= 0.6 is 11.3 Å². The van der Waals surface area contributed by atoms with Crippen molar-refractivity contribution in [1.82, 2.24) is 35.0 Å². The summed E-state index contributed by atoms with van der Waals surface area (Å²) in [6.07, 6.45) is 1.97. The monoisotopic (exact) mass is 321 g/mol. The van der Waals surface area contributed by atoms with Crippen molar-refractivity contribution in [2.45, 2.75) is 39.4 Å². The lowest BCUT2D eigenvalue weighted by atomic mass is 10.1. The lowest BCUT2D eigenvalue weighted by Crippen LogP contribution is -2.45. The van der Waals surface area contributed by atoms with Crippen LogP contribution in [-0.2, 0) is 18.6 Å². The van der Waals surface area contributed by atoms with E-state index in [9.17, 15) is 0 Å². The van der Waals surface area contributed by atoms with E-state index in [1.807, 2.05) is 16.4 Å². The Morgan fingerprint density at radius 2 is 1.77 bits per heavy atom. The highest BCUT2D eigenvalue weighted by Crippen LogP contribution is 2.16. The minimum absolute atomic E-state index is 0.0766. The van der Waals surface area contributed by atoms with Crippen molar-refractivity contribution in [3.05, 3.63) is 22.4 Å². The van der Waals surface area contributed by atoms with E-state index in [1.54, 1.807) is 11.3 Å². The summed E-state index contributed by atoms with van der Waals surface area (Å²) in [4.78, 5) is 10.4. The summed E-state index contributed by atoms with van der Waals surface area (Å²) in [6.45, 7) is 12.5. The van der Waals surface area contributed by atoms with Crippen molar-refractivity contribution in [3.8, 4) is 0 Å². The topological polar surface area (TPSA) is 63.0 Å². The van der Waals surface area contributed by atoms with E-state index in [1.165, 1.54) is 4.88 Å². The molecule has 2 aromatic heterocycles. The minimum Gasteiger partial charge on any atom is -0.296 e. The fourth-order valence-electron chi connectivity index (χ4n) is 2.67. The Balaban J connectivity index is 1.53. The first-order valence-corrected chi connectivity index (χ1v) is 8.50. The number of hydrogen-bond donors (Lipinski definition) is 0. The first-order valence-electron chi connectivity index (χ1n) is 7.62. The van der Waals surface area contributed by atoms with Gasteiger partial charge in [-0.3, -0.25) is 14.8 Å². The average Bonchev–Trinajstić information content (AvgIpc) is 3.11. The van der Waals surface area contributed by atoms with Gasteiger partial charge in [-0.05, 0) is 31.2 Å². The summed E-state index contributed by atoms with van der Waals surface area (Å²) >= 11 is 1.73. The third-order valence-corrected chi connectivity index (χ3v) is 4.63. The molecule has 0 unspecified atom stereocenters. The molecule has 0 amide bonds. The second-order valence-corrected chi connectivity index (χ2v) is 7.67. The molecular weight excluding hydrogens is 298 g/mol. The SMILES string of the molecule is CC(C)(C)n1nnnc1CN1CCN(Cc2cncs2)CC1. The van der Waals surface area contributed by atoms with Crippen LogP contribution in [0, 0.1) is 0 Å². The van der Waals surface area contributed by atoms with E-state index in [-0.39, 0.29) is 5.54 Å². The average molecular weight is 321 g/mol. The molecule has 2 aromatic rings. The smallest absolute Gasteiger partial charge is 0.165 e. The highest BCUT2D eigenvalue weighted by Gasteiger charge is 2.23. The third kappa shape index (κ3) is 3.68. The minimum atomic E-state index is -0.0766. The van der Waals surface area contributed by atoms with Gasteiger partial charge in [0.15, 0.2) is 5.82 Å². The van der Waals surface area contributed by atoms with Crippen LogP contribution < -0.4 is 0 Å². The number of thiazole rings is 1. The number of nitrogens with zero attached hydrogens (tertiary/aromatic N) is 7. The molecule has 0 atom stereocenters. The molecule has 22 heavy (non-hydrogen) atoms. The Labute approximate surface area is 134 Å². The number of aromatic nitrogens is 5. The number of piperazine rings is 1. The summed E-state index contributed by atoms with van der Waals surface area (Å²) in [7, 11) is 0. The quantitative estimate of drug-likeness (QED) is 0.843. The van der Waals surface area contributed by atoms with Gasteiger partial charge < -0.3 is 0 Å². The van der Waals surface area contributed by atoms with Crippen molar-refractivity contribution >= 4 is 11.3 Å². The molecule has 0 N–H and O–H groups in total. The normalized spacial score (nSPS) is 18.0. The van der Waals surface area contributed by atoms with E-state index in [2.05, 4.69) is 51.1 Å². The maximum Gasteiger partial charge on any atom is 0.165 e. The largest absolute Gasteiger partial charge is 0.296 e. The highest BCUT2D eigenvalue weighted by molar-refractivity contribution is 7.09. The van der Waals surface area contributed by atoms with Crippen molar-refractivity contribution in [2.75, 3.05) is 26.2 Å². The first kappa shape index (κ1) is 15.5. The molecule has 3 rings (SSSR count). The van der Waals surface area contributed by atoms with Crippen LogP contribution in [0.1, 0.15) is 31.5 Å². The van der Waals surface area contributed by atoms with Crippen LogP contribution in [0.4, 0.5) is 0 Å². The van der Waals surface area contributed by atoms with Crippen LogP contribution in [0.5, 0.6) is 0 Å². The molecule has 1 saturated heterocycles. The fraction of sp³-hybridized carbons (Fsp3) is 0.714. The fourth-order valence-corrected chi connectivity index (χ4v) is 3.31. The van der Waals surface area contributed by atoms with Gasteiger partial charge in [0, 0.05) is 43.8 Å². The Bertz CT molecular complexity index is 579. The van der Waals surface area contributed by atoms with E-state index in [4.69, 9.17) is 0 Å². The van der Waals surface area contributed by atoms with Crippen molar-refractivity contribution in [1.29, 1.82) is 0 Å². The Morgan fingerprint density at radius 3 is 2.36 bits per heavy atom. The molecule has 0 radical (unpaired) electrons. The molecule has 1 aliphatic heterocycles. The van der Waals surface area contributed by atoms with Crippen LogP contribution in [0.2, 0.25) is 0 Å². The van der Waals surface area contributed by atoms with E-state index < -0.39 is 0 Å². The summed E-state index contributed by atoms with van der Waals surface area (Å²) in [5, 5.41) is 12.2. The van der Waals surface area contributed by atoms with Gasteiger partial charge in [0.25, 0.3) is 0 Å². The first-order chi connectivity index (χ1) is 10.5. The van der Waals surface area contributed by atoms with E-state index in [0.29, 0.717) is 0 Å². The predicted octanol–water partition coefficient (Wildman–Crippen LogP) is 1.20. The molecule has 120 valence electrons. The van der Waals surface area contributed by atoms with Gasteiger partial charge in [-0.1, -0.05) is 0 Å². The lowest BCUT2D eigenvalue weighted by Gasteiger charge is -2.34. The van der Waals surface area contributed by atoms with Gasteiger partial charge in [0.1, 0.15) is 0 Å². The second-order valence-electron chi connectivity index (χ2n) is 6.70. The molecule has 0 saturated carbocycles. The summed E-state index contributed by atoms with van der Waals surface area (Å²) in [5.74, 6) is 0.948. The van der Waals surface area contributed by atoms with Gasteiger partial charge in [-0.25, -0.2) is 4.68 Å². The van der Waals surface area contributed by atoms with Gasteiger partial charge in [0.2, 0.25) is 0 Å². The number of rotatable bonds is 4. The molecule has 0 aliphatic carbocycles. The third-order valence-electron chi connectivity index (χ3n) is 3.86. The molecule has 1 fully saturated rings. The zero-order valence-corrected chi connectivity index (χ0v) is 14.3. The zero-order chi connectivity index (χ0) is 15.6. The summed E-state index contributed by atoms with van der Waals surface area (Å²) in [6, 6.07) is 0. The highest BCUT2D eigenvalue weighted by atomic mass is 32.1. The van der Waals surface area contributed by atoms with E-state index >= 15 is 0 Å². The molecule has 8 heteroatoms. The van der Waals surface area contributed by atoms with Crippen LogP contribution in [0.25, 0.3) is 0 Å². The standard InChI is InChI=1S/C14H23N7S/c1-14(2,3)21-13(16-17-18-21)10-20-6-4-19(5-7-20)9-12-8-15-11-22-12/h8,11H,4-7,9-10H2,1-3H3. The molecule has 7 nitrogen and oxygen atoms in total. The van der Waals surface area contributed by atoms with Crippen LogP contribution in [0.15, 0.2) is 11.7 Å². The predicted molar refractivity (Wildman–Crippen MR) is 85.5 cm³/mol. The molecule has 0 bridgehead atoms. The van der Waals surface area contributed by atoms with Crippen LogP contribution in [-0.4, -0.2) is 61.2 Å². The molecule has 0 aromatic carbocycles. The van der Waals surface area contributed by atoms with E-state index in [0.717, 1.165) is 45.1 Å². The summed E-state index contributed by atoms with van der Waals surface area (Å²) in [5.41, 5.74) is 1.82. The maximum atomic E-state index is 4.20. The summed E-state index contributed by atoms with van der Waals surface area (Å²) < 4.78 is 1.93. The molecule has 3 heterocycles. The maximum absolute atomic E-state index is 4.20. The van der Waals surface area contributed by atoms with Gasteiger partial charge >= 0.3 is 0 Å². The van der Waals surface area contributed by atoms with Gasteiger partial charge in [-0.15, -0.1) is 16.4 Å². The second kappa shape index (κ2) is 6.39. The number of tetrazole rings is 1. The van der Waals surface area contributed by atoms with Crippen molar-refractivity contribution in [2.24, 2.45) is 0 Å². The zero-order valence-electron chi connectivity index (χ0n) is 13.4. The number of hydrogen-bond acceptors (Lipinski definition) is 7. The Kier molecular flexibility index (Phi) is 4.51. The lowest BCUT2D eigenvalue weighted by molar-refractivity contribution is 0.117. The molecule has 1 aliphatic rings. The molecular formula is C14H23N7S. The van der Waals surface area contributed by atoms with Gasteiger partial charge in [0.05, 0.1) is 17.6 Å². The van der Waals surface area contributed by atoms with Crippen LogP contribution in [0.3, 0.4) is 0 Å².